The number of carbonyl (C=O) groups excluding carboxylic acids is 1. The molecule has 8 nitrogen and oxygen atoms in total. The fourth-order valence-electron chi connectivity index (χ4n) is 4.29. The van der Waals surface area contributed by atoms with Crippen molar-refractivity contribution < 1.29 is 22.7 Å². The molecule has 2 aliphatic rings. The van der Waals surface area contributed by atoms with E-state index < -0.39 is 16.1 Å². The molecule has 33 heavy (non-hydrogen) atoms. The molecule has 2 N–H and O–H groups in total. The molecule has 1 saturated heterocycles. The lowest BCUT2D eigenvalue weighted by Crippen LogP contribution is -2.44. The van der Waals surface area contributed by atoms with Crippen LogP contribution >= 0.6 is 0 Å². The molecule has 9 heteroatoms. The third kappa shape index (κ3) is 4.12. The average molecular weight is 466 g/mol. The van der Waals surface area contributed by atoms with Gasteiger partial charge in [-0.2, -0.15) is 0 Å². The van der Waals surface area contributed by atoms with Crippen molar-refractivity contribution in [1.82, 2.24) is 4.72 Å². The van der Waals surface area contributed by atoms with Gasteiger partial charge in [-0.05, 0) is 55.0 Å². The van der Waals surface area contributed by atoms with Gasteiger partial charge in [-0.25, -0.2) is 13.1 Å². The second kappa shape index (κ2) is 8.42. The summed E-state index contributed by atoms with van der Waals surface area (Å²) in [7, 11) is -2.22. The Morgan fingerprint density at radius 1 is 0.970 bits per heavy atom. The molecule has 0 spiro atoms. The molecule has 3 aromatic rings. The van der Waals surface area contributed by atoms with Crippen LogP contribution in [0.2, 0.25) is 0 Å². The van der Waals surface area contributed by atoms with E-state index in [2.05, 4.69) is 10.0 Å². The van der Waals surface area contributed by atoms with E-state index in [9.17, 15) is 13.2 Å². The van der Waals surface area contributed by atoms with E-state index in [1.165, 1.54) is 12.1 Å². The summed E-state index contributed by atoms with van der Waals surface area (Å²) in [4.78, 5) is 14.6. The third-order valence-corrected chi connectivity index (χ3v) is 7.36. The minimum Gasteiger partial charge on any atom is -0.493 e. The quantitative estimate of drug-likeness (QED) is 0.580. The summed E-state index contributed by atoms with van der Waals surface area (Å²) in [6.45, 7) is 0.420. The maximum absolute atomic E-state index is 13.0. The number of methoxy groups -OCH3 is 1. The van der Waals surface area contributed by atoms with Crippen LogP contribution < -0.4 is 24.4 Å². The molecule has 3 aromatic carbocycles. The van der Waals surface area contributed by atoms with Crippen LogP contribution in [0.3, 0.4) is 0 Å². The van der Waals surface area contributed by atoms with Gasteiger partial charge in [0.1, 0.15) is 11.8 Å². The number of hydrogen-bond donors (Lipinski definition) is 2. The molecule has 2 unspecified atom stereocenters. The zero-order valence-corrected chi connectivity index (χ0v) is 18.7. The lowest BCUT2D eigenvalue weighted by Gasteiger charge is -2.32. The number of carbonyl (C=O) groups is 1. The molecule has 1 amide bonds. The van der Waals surface area contributed by atoms with Crippen LogP contribution in [-0.4, -0.2) is 40.1 Å². The summed E-state index contributed by atoms with van der Waals surface area (Å²) < 4.78 is 39.9. The van der Waals surface area contributed by atoms with E-state index in [0.717, 1.165) is 11.4 Å². The summed E-state index contributed by atoms with van der Waals surface area (Å²) in [5.41, 5.74) is 1.65. The molecule has 2 atom stereocenters. The Hall–Kier alpha value is -3.56. The van der Waals surface area contributed by atoms with E-state index in [1.54, 1.807) is 31.4 Å². The largest absolute Gasteiger partial charge is 0.493 e. The first-order chi connectivity index (χ1) is 15.9. The number of fused-ring (bicyclic) bond motifs is 3. The van der Waals surface area contributed by atoms with Gasteiger partial charge in [-0.1, -0.05) is 24.3 Å². The average Bonchev–Trinajstić information content (AvgIpc) is 3.24. The van der Waals surface area contributed by atoms with Crippen LogP contribution in [0.15, 0.2) is 77.7 Å². The SMILES string of the molecule is COc1ccccc1Oc1ccc(S(=O)(=O)NC2CC3C(=O)Nc4ccccc4N3C2)cc1. The third-order valence-electron chi connectivity index (χ3n) is 5.83. The van der Waals surface area contributed by atoms with Crippen LogP contribution in [0, 0.1) is 0 Å². The van der Waals surface area contributed by atoms with Crippen LogP contribution in [0.4, 0.5) is 11.4 Å². The second-order valence-corrected chi connectivity index (χ2v) is 9.67. The molecule has 5 rings (SSSR count). The summed E-state index contributed by atoms with van der Waals surface area (Å²) in [5.74, 6) is 1.49. The molecule has 1 fully saturated rings. The van der Waals surface area contributed by atoms with Gasteiger partial charge in [-0.3, -0.25) is 4.79 Å². The highest BCUT2D eigenvalue weighted by molar-refractivity contribution is 7.89. The lowest BCUT2D eigenvalue weighted by molar-refractivity contribution is -0.117. The fraction of sp³-hybridized carbons (Fsp3) is 0.208. The first-order valence-electron chi connectivity index (χ1n) is 10.5. The van der Waals surface area contributed by atoms with Gasteiger partial charge in [0.05, 0.1) is 23.4 Å². The predicted molar refractivity (Wildman–Crippen MR) is 124 cm³/mol. The van der Waals surface area contributed by atoms with Crippen molar-refractivity contribution in [2.45, 2.75) is 23.4 Å². The summed E-state index contributed by atoms with van der Waals surface area (Å²) in [6, 6.07) is 20.2. The number of anilines is 2. The molecule has 0 bridgehead atoms. The van der Waals surface area contributed by atoms with Crippen molar-refractivity contribution in [1.29, 1.82) is 0 Å². The molecule has 2 aliphatic heterocycles. The first kappa shape index (κ1) is 21.3. The van der Waals surface area contributed by atoms with Crippen molar-refractivity contribution in [2.75, 3.05) is 23.9 Å². The van der Waals surface area contributed by atoms with Crippen LogP contribution in [0.5, 0.6) is 17.2 Å². The smallest absolute Gasteiger partial charge is 0.247 e. The fourth-order valence-corrected chi connectivity index (χ4v) is 5.53. The number of sulfonamides is 1. The zero-order chi connectivity index (χ0) is 23.0. The summed E-state index contributed by atoms with van der Waals surface area (Å²) in [6.07, 6.45) is 0.397. The number of ether oxygens (including phenoxy) is 2. The maximum Gasteiger partial charge on any atom is 0.247 e. The van der Waals surface area contributed by atoms with E-state index in [-0.39, 0.29) is 16.8 Å². The highest BCUT2D eigenvalue weighted by Gasteiger charge is 2.42. The maximum atomic E-state index is 13.0. The van der Waals surface area contributed by atoms with Crippen molar-refractivity contribution in [2.24, 2.45) is 0 Å². The molecular weight excluding hydrogens is 442 g/mol. The van der Waals surface area contributed by atoms with Crippen molar-refractivity contribution in [3.63, 3.8) is 0 Å². The number of amides is 1. The van der Waals surface area contributed by atoms with Gasteiger partial charge in [0.15, 0.2) is 11.5 Å². The lowest BCUT2D eigenvalue weighted by atomic mass is 10.1. The van der Waals surface area contributed by atoms with Crippen molar-refractivity contribution in [3.8, 4) is 17.2 Å². The number of para-hydroxylation sites is 4. The van der Waals surface area contributed by atoms with Gasteiger partial charge >= 0.3 is 0 Å². The Labute approximate surface area is 192 Å². The summed E-state index contributed by atoms with van der Waals surface area (Å²) in [5, 5.41) is 2.90. The Morgan fingerprint density at radius 3 is 2.42 bits per heavy atom. The van der Waals surface area contributed by atoms with E-state index in [4.69, 9.17) is 9.47 Å². The predicted octanol–water partition coefficient (Wildman–Crippen LogP) is 3.37. The first-order valence-corrected chi connectivity index (χ1v) is 12.0. The van der Waals surface area contributed by atoms with Crippen LogP contribution in [-0.2, 0) is 14.8 Å². The minimum atomic E-state index is -3.77. The molecule has 0 saturated carbocycles. The van der Waals surface area contributed by atoms with Crippen molar-refractivity contribution in [3.05, 3.63) is 72.8 Å². The van der Waals surface area contributed by atoms with Crippen molar-refractivity contribution >= 4 is 27.3 Å². The Bertz CT molecular complexity index is 1290. The Balaban J connectivity index is 1.29. The molecule has 0 aliphatic carbocycles. The van der Waals surface area contributed by atoms with E-state index >= 15 is 0 Å². The molecular formula is C24H23N3O5S. The van der Waals surface area contributed by atoms with E-state index in [0.29, 0.717) is 30.2 Å². The van der Waals surface area contributed by atoms with Gasteiger partial charge < -0.3 is 19.7 Å². The van der Waals surface area contributed by atoms with Gasteiger partial charge in [0, 0.05) is 12.6 Å². The monoisotopic (exact) mass is 465 g/mol. The minimum absolute atomic E-state index is 0.117. The molecule has 2 heterocycles. The highest BCUT2D eigenvalue weighted by atomic mass is 32.2. The standard InChI is InChI=1S/C24H23N3O5S/c1-31-22-8-4-5-9-23(22)32-17-10-12-18(13-11-17)33(29,30)26-16-14-21-24(28)25-19-6-2-3-7-20(19)27(21)15-16/h2-13,16,21,26H,14-15H2,1H3,(H,25,28). The number of rotatable bonds is 6. The normalized spacial score (nSPS) is 19.4. The summed E-state index contributed by atoms with van der Waals surface area (Å²) >= 11 is 0. The number of hydrogen-bond acceptors (Lipinski definition) is 6. The van der Waals surface area contributed by atoms with E-state index in [1.807, 2.05) is 41.3 Å². The zero-order valence-electron chi connectivity index (χ0n) is 17.9. The van der Waals surface area contributed by atoms with Gasteiger partial charge in [0.2, 0.25) is 15.9 Å². The van der Waals surface area contributed by atoms with Crippen LogP contribution in [0.1, 0.15) is 6.42 Å². The number of nitrogens with one attached hydrogen (secondary N) is 2. The Kier molecular flexibility index (Phi) is 5.43. The molecule has 170 valence electrons. The Morgan fingerprint density at radius 2 is 1.67 bits per heavy atom. The molecule has 0 aromatic heterocycles. The van der Waals surface area contributed by atoms with Crippen LogP contribution in [0.25, 0.3) is 0 Å². The molecule has 0 radical (unpaired) electrons. The number of benzene rings is 3. The highest BCUT2D eigenvalue weighted by Crippen LogP contribution is 2.37. The van der Waals surface area contributed by atoms with Gasteiger partial charge in [-0.15, -0.1) is 0 Å². The second-order valence-electron chi connectivity index (χ2n) is 7.95. The number of nitrogens with zero attached hydrogens (tertiary/aromatic N) is 1. The van der Waals surface area contributed by atoms with Gasteiger partial charge in [0.25, 0.3) is 0 Å². The topological polar surface area (TPSA) is 97.0 Å².